The third-order valence-electron chi connectivity index (χ3n) is 8.20. The van der Waals surface area contributed by atoms with Crippen LogP contribution in [0.4, 0.5) is 0 Å². The smallest absolute Gasteiger partial charge is 0.308 e. The number of esters is 6. The molecule has 0 radical (unpaired) electrons. The molecule has 53 heavy (non-hydrogen) atoms. The summed E-state index contributed by atoms with van der Waals surface area (Å²) >= 11 is 0. The van der Waals surface area contributed by atoms with Gasteiger partial charge in [-0.25, -0.2) is 0 Å². The molecule has 2 fully saturated rings. The summed E-state index contributed by atoms with van der Waals surface area (Å²) in [6.07, 6.45) is -13.4. The molecule has 0 bridgehead atoms. The van der Waals surface area contributed by atoms with Gasteiger partial charge in [0.05, 0.1) is 42.1 Å². The number of aliphatic hydroxyl groups is 2. The Kier molecular flexibility index (Phi) is 17.1. The van der Waals surface area contributed by atoms with Crippen molar-refractivity contribution in [2.75, 3.05) is 19.8 Å². The summed E-state index contributed by atoms with van der Waals surface area (Å²) in [6.45, 7) is 16.3. The minimum atomic E-state index is -2.48. The van der Waals surface area contributed by atoms with Crippen molar-refractivity contribution < 1.29 is 81.6 Å². The second kappa shape index (κ2) is 19.8. The van der Waals surface area contributed by atoms with Gasteiger partial charge < -0.3 is 52.8 Å². The topological polar surface area (TPSA) is 226 Å². The lowest BCUT2D eigenvalue weighted by Crippen LogP contribution is -2.65. The molecule has 0 unspecified atom stereocenters. The summed E-state index contributed by atoms with van der Waals surface area (Å²) in [5, 5.41) is 21.4. The van der Waals surface area contributed by atoms with Gasteiger partial charge in [-0.1, -0.05) is 83.1 Å². The van der Waals surface area contributed by atoms with Gasteiger partial charge in [-0.2, -0.15) is 0 Å². The fraction of sp³-hybridized carbons (Fsp3) is 0.833. The summed E-state index contributed by atoms with van der Waals surface area (Å²) in [6, 6.07) is 0. The third kappa shape index (κ3) is 12.1. The molecule has 2 aliphatic rings. The normalized spacial score (nSPS) is 28.8. The second-order valence-electron chi connectivity index (χ2n) is 15.0. The second-order valence-corrected chi connectivity index (χ2v) is 15.0. The lowest BCUT2D eigenvalue weighted by Gasteiger charge is -2.46. The van der Waals surface area contributed by atoms with Crippen LogP contribution >= 0.6 is 0 Å². The van der Waals surface area contributed by atoms with Crippen molar-refractivity contribution in [1.82, 2.24) is 0 Å². The van der Waals surface area contributed by atoms with Gasteiger partial charge in [0.1, 0.15) is 31.5 Å². The average molecular weight is 763 g/mol. The molecule has 0 saturated carbocycles. The van der Waals surface area contributed by atoms with Crippen molar-refractivity contribution in [3.05, 3.63) is 0 Å². The maximum atomic E-state index is 13.3. The van der Waals surface area contributed by atoms with E-state index in [-0.39, 0.29) is 0 Å². The van der Waals surface area contributed by atoms with Crippen LogP contribution in [0, 0.1) is 35.5 Å². The van der Waals surface area contributed by atoms with Crippen LogP contribution in [0.2, 0.25) is 0 Å². The van der Waals surface area contributed by atoms with E-state index in [9.17, 15) is 39.0 Å². The molecule has 0 aliphatic carbocycles. The molecule has 0 aromatic heterocycles. The first-order chi connectivity index (χ1) is 24.6. The largest absolute Gasteiger partial charge is 0.463 e. The SMILES string of the molecule is CC(C)C(=O)OC[C@H]1O[C@@](COC(=O)C(C)C)(O[C@H]2O[C@H](CO)[C@@H](O)[C@H](OC(=O)C(C)C)[C@H]2OC(=O)C(C)C)[C@@H](OC(=O)C(C)C)[C@@H]1OC(=O)C(C)C. The Balaban J connectivity index is 2.89. The van der Waals surface area contributed by atoms with E-state index in [1.807, 2.05) is 0 Å². The molecule has 2 heterocycles. The molecular formula is C36H58O17. The number of carbonyl (C=O) groups is 6. The van der Waals surface area contributed by atoms with Gasteiger partial charge in [-0.15, -0.1) is 0 Å². The van der Waals surface area contributed by atoms with E-state index in [0.717, 1.165) is 0 Å². The summed E-state index contributed by atoms with van der Waals surface area (Å²) in [5.41, 5.74) is 0. The van der Waals surface area contributed by atoms with Gasteiger partial charge in [0.25, 0.3) is 0 Å². The van der Waals surface area contributed by atoms with Gasteiger partial charge in [-0.05, 0) is 0 Å². The predicted octanol–water partition coefficient (Wildman–Crippen LogP) is 1.85. The van der Waals surface area contributed by atoms with E-state index in [0.29, 0.717) is 0 Å². The summed E-state index contributed by atoms with van der Waals surface area (Å²) < 4.78 is 52.8. The zero-order chi connectivity index (χ0) is 40.5. The Morgan fingerprint density at radius 1 is 0.566 bits per heavy atom. The van der Waals surface area contributed by atoms with Crippen LogP contribution in [0.3, 0.4) is 0 Å². The number of ether oxygens (including phenoxy) is 9. The van der Waals surface area contributed by atoms with E-state index >= 15 is 0 Å². The lowest BCUT2D eigenvalue weighted by atomic mass is 9.97. The van der Waals surface area contributed by atoms with Crippen molar-refractivity contribution >= 4 is 35.8 Å². The van der Waals surface area contributed by atoms with E-state index < -0.39 is 146 Å². The van der Waals surface area contributed by atoms with Gasteiger partial charge in [-0.3, -0.25) is 28.8 Å². The number of aliphatic hydroxyl groups excluding tert-OH is 2. The van der Waals surface area contributed by atoms with Crippen molar-refractivity contribution in [3.8, 4) is 0 Å². The van der Waals surface area contributed by atoms with Crippen LogP contribution in [-0.4, -0.2) is 121 Å². The summed E-state index contributed by atoms with van der Waals surface area (Å²) in [5.74, 6) is -11.3. The van der Waals surface area contributed by atoms with Crippen molar-refractivity contribution in [2.24, 2.45) is 35.5 Å². The maximum Gasteiger partial charge on any atom is 0.308 e. The standard InChI is InChI=1S/C36H58O17/c1-16(2)29(39)45-14-23-25(48-31(41)18(5)6)28(51-34(44)21(11)12)36(52-23,15-46-30(40)17(3)4)53-35-27(50-33(43)20(9)10)26(49-32(42)19(7)8)24(38)22(13-37)47-35/h16-28,35,37-38H,13-15H2,1-12H3/t22-,23-,24-,25-,26+,27-,28+,35-,36+/m1/s1. The molecule has 17 heteroatoms. The molecule has 2 N–H and O–H groups in total. The monoisotopic (exact) mass is 762 g/mol. The highest BCUT2D eigenvalue weighted by molar-refractivity contribution is 5.74. The van der Waals surface area contributed by atoms with Crippen molar-refractivity contribution in [2.45, 2.75) is 138 Å². The van der Waals surface area contributed by atoms with Gasteiger partial charge in [0.2, 0.25) is 12.1 Å². The van der Waals surface area contributed by atoms with Crippen LogP contribution in [-0.2, 0) is 71.4 Å². The average Bonchev–Trinajstić information content (AvgIpc) is 3.35. The highest BCUT2D eigenvalue weighted by Gasteiger charge is 2.65. The predicted molar refractivity (Wildman–Crippen MR) is 181 cm³/mol. The summed E-state index contributed by atoms with van der Waals surface area (Å²) in [4.78, 5) is 78.0. The van der Waals surface area contributed by atoms with Crippen molar-refractivity contribution in [3.63, 3.8) is 0 Å². The highest BCUT2D eigenvalue weighted by Crippen LogP contribution is 2.42. The fourth-order valence-corrected chi connectivity index (χ4v) is 4.84. The molecule has 0 amide bonds. The van der Waals surface area contributed by atoms with Crippen LogP contribution in [0.5, 0.6) is 0 Å². The Bertz CT molecular complexity index is 1280. The van der Waals surface area contributed by atoms with E-state index in [2.05, 4.69) is 0 Å². The zero-order valence-corrected chi connectivity index (χ0v) is 32.7. The van der Waals surface area contributed by atoms with E-state index in [4.69, 9.17) is 42.6 Å². The first-order valence-electron chi connectivity index (χ1n) is 18.0. The molecule has 0 spiro atoms. The summed E-state index contributed by atoms with van der Waals surface area (Å²) in [7, 11) is 0. The third-order valence-corrected chi connectivity index (χ3v) is 8.20. The minimum Gasteiger partial charge on any atom is -0.463 e. The van der Waals surface area contributed by atoms with Crippen LogP contribution in [0.25, 0.3) is 0 Å². The van der Waals surface area contributed by atoms with Gasteiger partial charge >= 0.3 is 35.8 Å². The highest BCUT2D eigenvalue weighted by atomic mass is 16.8. The molecular weight excluding hydrogens is 704 g/mol. The molecule has 2 rings (SSSR count). The number of hydrogen-bond donors (Lipinski definition) is 2. The maximum absolute atomic E-state index is 13.3. The molecule has 2 aliphatic heterocycles. The first-order valence-corrected chi connectivity index (χ1v) is 18.0. The fourth-order valence-electron chi connectivity index (χ4n) is 4.84. The Morgan fingerprint density at radius 2 is 0.981 bits per heavy atom. The van der Waals surface area contributed by atoms with Crippen LogP contribution in [0.15, 0.2) is 0 Å². The Morgan fingerprint density at radius 3 is 1.43 bits per heavy atom. The van der Waals surface area contributed by atoms with Gasteiger partial charge in [0.15, 0.2) is 24.4 Å². The number of hydrogen-bond acceptors (Lipinski definition) is 17. The quantitative estimate of drug-likeness (QED) is 0.159. The Hall–Kier alpha value is -3.38. The minimum absolute atomic E-state index is 0.560. The first kappa shape index (κ1) is 45.8. The van der Waals surface area contributed by atoms with Crippen LogP contribution in [0.1, 0.15) is 83.1 Å². The molecule has 0 aromatic carbocycles. The molecule has 2 saturated heterocycles. The molecule has 9 atom stereocenters. The van der Waals surface area contributed by atoms with E-state index in [1.54, 1.807) is 41.5 Å². The van der Waals surface area contributed by atoms with E-state index in [1.165, 1.54) is 41.5 Å². The van der Waals surface area contributed by atoms with Crippen LogP contribution < -0.4 is 0 Å². The molecule has 17 nitrogen and oxygen atoms in total. The number of rotatable bonds is 17. The van der Waals surface area contributed by atoms with Gasteiger partial charge in [0, 0.05) is 0 Å². The lowest BCUT2D eigenvalue weighted by molar-refractivity contribution is -0.385. The Labute approximate surface area is 310 Å². The zero-order valence-electron chi connectivity index (χ0n) is 32.7. The number of carbonyl (C=O) groups excluding carboxylic acids is 6. The molecule has 0 aromatic rings. The van der Waals surface area contributed by atoms with Crippen molar-refractivity contribution in [1.29, 1.82) is 0 Å². The molecule has 304 valence electrons.